The summed E-state index contributed by atoms with van der Waals surface area (Å²) in [6, 6.07) is 7.33. The van der Waals surface area contributed by atoms with E-state index in [-0.39, 0.29) is 24.4 Å². The molecule has 1 saturated carbocycles. The quantitative estimate of drug-likeness (QED) is 0.467. The van der Waals surface area contributed by atoms with E-state index in [1.54, 1.807) is 18.5 Å². The molecule has 1 aliphatic rings. The second-order valence-corrected chi connectivity index (χ2v) is 7.94. The van der Waals surface area contributed by atoms with E-state index in [1.165, 1.54) is 0 Å². The lowest BCUT2D eigenvalue weighted by atomic mass is 9.98. The van der Waals surface area contributed by atoms with Gasteiger partial charge in [0.2, 0.25) is 5.91 Å². The van der Waals surface area contributed by atoms with Crippen LogP contribution in [-0.2, 0) is 9.59 Å². The van der Waals surface area contributed by atoms with Crippen LogP contribution in [0.2, 0.25) is 0 Å². The second kappa shape index (κ2) is 10.8. The molecule has 0 aromatic carbocycles. The summed E-state index contributed by atoms with van der Waals surface area (Å²) in [5.41, 5.74) is 3.56. The number of pyridine rings is 3. The molecule has 3 atom stereocenters. The molecule has 0 spiro atoms. The first-order valence-corrected chi connectivity index (χ1v) is 10.7. The Kier molecular flexibility index (Phi) is 7.81. The van der Waals surface area contributed by atoms with Gasteiger partial charge in [-0.05, 0) is 37.5 Å². The van der Waals surface area contributed by atoms with Crippen LogP contribution in [0.3, 0.4) is 0 Å². The Labute approximate surface area is 195 Å². The number of carboxylic acid groups (broad SMARTS) is 1. The first-order chi connectivity index (χ1) is 16.3. The lowest BCUT2D eigenvalue weighted by Crippen LogP contribution is -2.15. The number of aryl methyl sites for hydroxylation is 1. The van der Waals surface area contributed by atoms with Crippen molar-refractivity contribution in [1.29, 1.82) is 5.26 Å². The maximum atomic E-state index is 13.1. The van der Waals surface area contributed by atoms with Crippen molar-refractivity contribution in [1.82, 2.24) is 15.0 Å². The van der Waals surface area contributed by atoms with Gasteiger partial charge in [-0.3, -0.25) is 14.6 Å². The molecule has 1 fully saturated rings. The predicted octanol–water partition coefficient (Wildman–Crippen LogP) is 3.70. The smallest absolute Gasteiger partial charge is 0.290 e. The SMILES string of the molecule is CCCC(O)c1cc(C)c(-c2cc3cnc(NC(=O)[C@@H]4C[C@@H]4F)cc3nc2C#N)cn1.O=CO. The van der Waals surface area contributed by atoms with Crippen LogP contribution in [0.4, 0.5) is 10.2 Å². The minimum Gasteiger partial charge on any atom is -0.483 e. The number of nitriles is 1. The summed E-state index contributed by atoms with van der Waals surface area (Å²) >= 11 is 0. The van der Waals surface area contributed by atoms with E-state index < -0.39 is 24.1 Å². The normalized spacial score (nSPS) is 17.1. The van der Waals surface area contributed by atoms with Crippen molar-refractivity contribution in [2.75, 3.05) is 5.32 Å². The van der Waals surface area contributed by atoms with Gasteiger partial charge in [0.05, 0.1) is 23.2 Å². The zero-order valence-corrected chi connectivity index (χ0v) is 18.7. The van der Waals surface area contributed by atoms with E-state index in [2.05, 4.69) is 26.3 Å². The summed E-state index contributed by atoms with van der Waals surface area (Å²) in [5.74, 6) is -0.742. The first-order valence-electron chi connectivity index (χ1n) is 10.7. The number of carbonyl (C=O) groups excluding carboxylic acids is 1. The molecular formula is C24H24FN5O4. The number of aromatic nitrogens is 3. The Morgan fingerprint density at radius 3 is 2.62 bits per heavy atom. The Bertz CT molecular complexity index is 1260. The largest absolute Gasteiger partial charge is 0.483 e. The Hall–Kier alpha value is -3.97. The molecule has 9 nitrogen and oxygen atoms in total. The van der Waals surface area contributed by atoms with Crippen LogP contribution in [-0.4, -0.2) is 43.7 Å². The number of aliphatic hydroxyl groups excluding tert-OH is 1. The summed E-state index contributed by atoms with van der Waals surface area (Å²) in [5, 5.41) is 30.1. The van der Waals surface area contributed by atoms with Gasteiger partial charge in [-0.2, -0.15) is 5.26 Å². The highest BCUT2D eigenvalue weighted by atomic mass is 19.1. The monoisotopic (exact) mass is 465 g/mol. The predicted molar refractivity (Wildman–Crippen MR) is 122 cm³/mol. The molecule has 1 amide bonds. The highest BCUT2D eigenvalue weighted by molar-refractivity contribution is 5.96. The topological polar surface area (TPSA) is 149 Å². The number of rotatable bonds is 6. The molecule has 3 N–H and O–H groups in total. The average molecular weight is 465 g/mol. The molecule has 34 heavy (non-hydrogen) atoms. The van der Waals surface area contributed by atoms with Crippen LogP contribution >= 0.6 is 0 Å². The molecule has 1 aliphatic carbocycles. The van der Waals surface area contributed by atoms with Gasteiger partial charge in [0.25, 0.3) is 6.47 Å². The van der Waals surface area contributed by atoms with Crippen molar-refractivity contribution >= 4 is 29.1 Å². The van der Waals surface area contributed by atoms with Gasteiger partial charge in [0.15, 0.2) is 0 Å². The first kappa shape index (κ1) is 24.7. The van der Waals surface area contributed by atoms with E-state index in [0.717, 1.165) is 17.5 Å². The van der Waals surface area contributed by atoms with Crippen LogP contribution in [0.15, 0.2) is 30.6 Å². The van der Waals surface area contributed by atoms with E-state index in [1.807, 2.05) is 26.0 Å². The Balaban J connectivity index is 0.00000103. The lowest BCUT2D eigenvalue weighted by Gasteiger charge is -2.13. The van der Waals surface area contributed by atoms with E-state index in [0.29, 0.717) is 28.6 Å². The van der Waals surface area contributed by atoms with Crippen molar-refractivity contribution in [3.05, 3.63) is 47.5 Å². The van der Waals surface area contributed by atoms with Crippen LogP contribution in [0.5, 0.6) is 0 Å². The minimum absolute atomic E-state index is 0.216. The van der Waals surface area contributed by atoms with E-state index in [9.17, 15) is 19.6 Å². The highest BCUT2D eigenvalue weighted by Gasteiger charge is 2.43. The van der Waals surface area contributed by atoms with Crippen molar-refractivity contribution < 1.29 is 24.2 Å². The molecule has 3 aromatic heterocycles. The van der Waals surface area contributed by atoms with Crippen molar-refractivity contribution in [2.24, 2.45) is 5.92 Å². The molecule has 0 saturated heterocycles. The van der Waals surface area contributed by atoms with Gasteiger partial charge in [-0.15, -0.1) is 0 Å². The zero-order valence-electron chi connectivity index (χ0n) is 18.7. The Morgan fingerprint density at radius 2 is 2.03 bits per heavy atom. The fourth-order valence-electron chi connectivity index (χ4n) is 3.54. The van der Waals surface area contributed by atoms with Gasteiger partial charge >= 0.3 is 0 Å². The number of amides is 1. The molecule has 1 unspecified atom stereocenters. The number of fused-ring (bicyclic) bond motifs is 1. The number of hydrogen-bond acceptors (Lipinski definition) is 7. The van der Waals surface area contributed by atoms with Crippen molar-refractivity contribution in [2.45, 2.75) is 45.4 Å². The molecule has 10 heteroatoms. The van der Waals surface area contributed by atoms with E-state index in [4.69, 9.17) is 9.90 Å². The molecule has 4 rings (SSSR count). The third-order valence-corrected chi connectivity index (χ3v) is 5.43. The third-order valence-electron chi connectivity index (χ3n) is 5.43. The third kappa shape index (κ3) is 5.50. The highest BCUT2D eigenvalue weighted by Crippen LogP contribution is 2.35. The second-order valence-electron chi connectivity index (χ2n) is 7.94. The molecular weight excluding hydrogens is 441 g/mol. The number of anilines is 1. The summed E-state index contributed by atoms with van der Waals surface area (Å²) in [6.45, 7) is 3.65. The maximum Gasteiger partial charge on any atom is 0.290 e. The molecule has 0 bridgehead atoms. The fourth-order valence-corrected chi connectivity index (χ4v) is 3.54. The minimum atomic E-state index is -1.09. The summed E-state index contributed by atoms with van der Waals surface area (Å²) in [6.07, 6.45) is 3.22. The van der Waals surface area contributed by atoms with Crippen LogP contribution in [0, 0.1) is 24.2 Å². The molecule has 0 radical (unpaired) electrons. The number of nitrogens with zero attached hydrogens (tertiary/aromatic N) is 4. The standard InChI is InChI=1S/C23H22FN5O2.CH2O2/c1-3-4-21(30)19-5-12(2)16(11-26-19)14-6-13-10-27-22(8-18(13)28-20(14)9-25)29-23(31)15-7-17(15)24;2-1-3/h5-6,8,10-11,15,17,21,30H,3-4,7H2,1-2H3,(H,27,29,31);1H,(H,2,3)/t15-,17+,21?;/m1./s1. The van der Waals surface area contributed by atoms with Crippen LogP contribution in [0.1, 0.15) is 49.2 Å². The zero-order chi connectivity index (χ0) is 24.8. The average Bonchev–Trinajstić information content (AvgIpc) is 3.55. The molecule has 0 aliphatic heterocycles. The number of alkyl halides is 1. The number of aliphatic hydroxyl groups is 1. The lowest BCUT2D eigenvalue weighted by molar-refractivity contribution is -0.123. The van der Waals surface area contributed by atoms with Crippen LogP contribution < -0.4 is 5.32 Å². The number of carbonyl (C=O) groups is 2. The molecule has 3 aromatic rings. The maximum absolute atomic E-state index is 13.1. The Morgan fingerprint density at radius 1 is 1.32 bits per heavy atom. The van der Waals surface area contributed by atoms with Crippen LogP contribution in [0.25, 0.3) is 22.0 Å². The van der Waals surface area contributed by atoms with Crippen molar-refractivity contribution in [3.8, 4) is 17.2 Å². The molecule has 176 valence electrons. The van der Waals surface area contributed by atoms with Gasteiger partial charge in [0.1, 0.15) is 23.8 Å². The van der Waals surface area contributed by atoms with Gasteiger partial charge in [-0.1, -0.05) is 13.3 Å². The van der Waals surface area contributed by atoms with Gasteiger partial charge in [-0.25, -0.2) is 14.4 Å². The fraction of sp³-hybridized carbons (Fsp3) is 0.333. The summed E-state index contributed by atoms with van der Waals surface area (Å²) < 4.78 is 13.1. The van der Waals surface area contributed by atoms with Gasteiger partial charge in [0, 0.05) is 35.0 Å². The van der Waals surface area contributed by atoms with E-state index >= 15 is 0 Å². The summed E-state index contributed by atoms with van der Waals surface area (Å²) in [4.78, 5) is 33.4. The number of halogens is 1. The number of nitrogens with one attached hydrogen (secondary N) is 1. The van der Waals surface area contributed by atoms with Crippen molar-refractivity contribution in [3.63, 3.8) is 0 Å². The molecule has 3 heterocycles. The van der Waals surface area contributed by atoms with Gasteiger partial charge < -0.3 is 15.5 Å². The summed E-state index contributed by atoms with van der Waals surface area (Å²) in [7, 11) is 0. The number of hydrogen-bond donors (Lipinski definition) is 3.